The molecule has 1 saturated carbocycles. The van der Waals surface area contributed by atoms with Crippen molar-refractivity contribution in [2.45, 2.75) is 76.4 Å². The Balaban J connectivity index is 1.67. The number of hydrogen-bond acceptors (Lipinski definition) is 3. The smallest absolute Gasteiger partial charge is 0.315 e. The first-order chi connectivity index (χ1) is 10.2. The number of hydrogen-bond donors (Lipinski definition) is 3. The summed E-state index contributed by atoms with van der Waals surface area (Å²) < 4.78 is 0. The Morgan fingerprint density at radius 1 is 1.19 bits per heavy atom. The second-order valence-corrected chi connectivity index (χ2v) is 6.51. The van der Waals surface area contributed by atoms with Crippen molar-refractivity contribution in [1.82, 2.24) is 15.5 Å². The zero-order chi connectivity index (χ0) is 15.1. The first-order valence-corrected chi connectivity index (χ1v) is 8.64. The van der Waals surface area contributed by atoms with Gasteiger partial charge < -0.3 is 20.6 Å². The molecule has 122 valence electrons. The minimum absolute atomic E-state index is 0.00558. The maximum absolute atomic E-state index is 11.9. The average Bonchev–Trinajstić information content (AvgIpc) is 2.54. The van der Waals surface area contributed by atoms with Crippen molar-refractivity contribution >= 4 is 6.03 Å². The van der Waals surface area contributed by atoms with E-state index in [0.29, 0.717) is 6.04 Å². The number of carbonyl (C=O) groups excluding carboxylic acids is 1. The van der Waals surface area contributed by atoms with Gasteiger partial charge in [-0.3, -0.25) is 0 Å². The molecule has 5 heteroatoms. The molecular formula is C16H31N3O2. The molecule has 1 atom stereocenters. The monoisotopic (exact) mass is 297 g/mol. The van der Waals surface area contributed by atoms with Gasteiger partial charge in [-0.25, -0.2) is 4.79 Å². The molecular weight excluding hydrogens is 266 g/mol. The third-order valence-electron chi connectivity index (χ3n) is 4.99. The molecule has 0 radical (unpaired) electrons. The van der Waals surface area contributed by atoms with E-state index < -0.39 is 0 Å². The van der Waals surface area contributed by atoms with E-state index in [9.17, 15) is 4.79 Å². The summed E-state index contributed by atoms with van der Waals surface area (Å²) in [5, 5.41) is 15.0. The number of amides is 2. The lowest BCUT2D eigenvalue weighted by Gasteiger charge is -2.39. The maximum Gasteiger partial charge on any atom is 0.315 e. The number of urea groups is 1. The van der Waals surface area contributed by atoms with E-state index in [1.807, 2.05) is 6.92 Å². The standard InChI is InChI=1S/C16H31N3O2/c1-2-13(12-20)17-16(21)18-14-6-8-15(9-7-14)19-10-4-3-5-11-19/h13-15,20H,2-12H2,1H3,(H2,17,18,21)/t13-,14?,15?/m0/s1. The van der Waals surface area contributed by atoms with Gasteiger partial charge in [0.2, 0.25) is 0 Å². The molecule has 2 amide bonds. The fourth-order valence-corrected chi connectivity index (χ4v) is 3.56. The highest BCUT2D eigenvalue weighted by Crippen LogP contribution is 2.25. The van der Waals surface area contributed by atoms with E-state index in [2.05, 4.69) is 15.5 Å². The van der Waals surface area contributed by atoms with E-state index in [-0.39, 0.29) is 18.7 Å². The minimum atomic E-state index is -0.130. The van der Waals surface area contributed by atoms with Crippen molar-refractivity contribution in [2.75, 3.05) is 19.7 Å². The van der Waals surface area contributed by atoms with Crippen LogP contribution in [0, 0.1) is 0 Å². The molecule has 0 spiro atoms. The van der Waals surface area contributed by atoms with Gasteiger partial charge in [0.25, 0.3) is 0 Å². The van der Waals surface area contributed by atoms with Crippen LogP contribution in [0.1, 0.15) is 58.3 Å². The highest BCUT2D eigenvalue weighted by molar-refractivity contribution is 5.74. The lowest BCUT2D eigenvalue weighted by atomic mass is 9.89. The molecule has 0 aromatic rings. The first kappa shape index (κ1) is 16.6. The van der Waals surface area contributed by atoms with E-state index in [1.165, 1.54) is 45.2 Å². The third-order valence-corrected chi connectivity index (χ3v) is 4.99. The van der Waals surface area contributed by atoms with E-state index >= 15 is 0 Å². The summed E-state index contributed by atoms with van der Waals surface area (Å²) in [4.78, 5) is 14.5. The molecule has 5 nitrogen and oxygen atoms in total. The lowest BCUT2D eigenvalue weighted by Crippen LogP contribution is -2.50. The van der Waals surface area contributed by atoms with Gasteiger partial charge in [-0.2, -0.15) is 0 Å². The summed E-state index contributed by atoms with van der Waals surface area (Å²) in [5.74, 6) is 0. The van der Waals surface area contributed by atoms with Gasteiger partial charge >= 0.3 is 6.03 Å². The van der Waals surface area contributed by atoms with Crippen LogP contribution in [0.5, 0.6) is 0 Å². The van der Waals surface area contributed by atoms with Gasteiger partial charge in [-0.15, -0.1) is 0 Å². The van der Waals surface area contributed by atoms with Gasteiger partial charge in [0.05, 0.1) is 12.6 Å². The average molecular weight is 297 g/mol. The molecule has 2 fully saturated rings. The summed E-state index contributed by atoms with van der Waals surface area (Å²) in [6.07, 6.45) is 9.38. The number of aliphatic hydroxyl groups excluding tert-OH is 1. The highest BCUT2D eigenvalue weighted by Gasteiger charge is 2.27. The number of nitrogens with one attached hydrogen (secondary N) is 2. The number of carbonyl (C=O) groups is 1. The number of piperidine rings is 1. The zero-order valence-corrected chi connectivity index (χ0v) is 13.3. The van der Waals surface area contributed by atoms with Gasteiger partial charge in [0, 0.05) is 12.1 Å². The maximum atomic E-state index is 11.9. The zero-order valence-electron chi connectivity index (χ0n) is 13.3. The van der Waals surface area contributed by atoms with Gasteiger partial charge in [0.1, 0.15) is 0 Å². The molecule has 1 aliphatic carbocycles. The Kier molecular flexibility index (Phi) is 6.77. The molecule has 1 saturated heterocycles. The van der Waals surface area contributed by atoms with Crippen molar-refractivity contribution in [3.05, 3.63) is 0 Å². The topological polar surface area (TPSA) is 64.6 Å². The number of rotatable bonds is 5. The van der Waals surface area contributed by atoms with Crippen LogP contribution in [-0.2, 0) is 0 Å². The van der Waals surface area contributed by atoms with Crippen molar-refractivity contribution in [3.8, 4) is 0 Å². The summed E-state index contributed by atoms with van der Waals surface area (Å²) in [7, 11) is 0. The molecule has 21 heavy (non-hydrogen) atoms. The van der Waals surface area contributed by atoms with Crippen LogP contribution < -0.4 is 10.6 Å². The molecule has 1 heterocycles. The van der Waals surface area contributed by atoms with Crippen LogP contribution in [0.15, 0.2) is 0 Å². The van der Waals surface area contributed by atoms with E-state index in [4.69, 9.17) is 5.11 Å². The van der Waals surface area contributed by atoms with Crippen LogP contribution in [-0.4, -0.2) is 53.9 Å². The lowest BCUT2D eigenvalue weighted by molar-refractivity contribution is 0.121. The number of likely N-dealkylation sites (tertiary alicyclic amines) is 1. The van der Waals surface area contributed by atoms with Crippen LogP contribution in [0.2, 0.25) is 0 Å². The van der Waals surface area contributed by atoms with Crippen molar-refractivity contribution in [2.24, 2.45) is 0 Å². The Bertz CT molecular complexity index is 307. The second-order valence-electron chi connectivity index (χ2n) is 6.51. The minimum Gasteiger partial charge on any atom is -0.394 e. The largest absolute Gasteiger partial charge is 0.394 e. The summed E-state index contributed by atoms with van der Waals surface area (Å²) in [5.41, 5.74) is 0. The fourth-order valence-electron chi connectivity index (χ4n) is 3.56. The summed E-state index contributed by atoms with van der Waals surface area (Å²) in [6.45, 7) is 4.49. The van der Waals surface area contributed by atoms with Gasteiger partial charge in [-0.1, -0.05) is 13.3 Å². The Morgan fingerprint density at radius 3 is 2.43 bits per heavy atom. The molecule has 2 rings (SSSR count). The third kappa shape index (κ3) is 5.15. The number of aliphatic hydroxyl groups is 1. The van der Waals surface area contributed by atoms with E-state index in [0.717, 1.165) is 25.3 Å². The Hall–Kier alpha value is -0.810. The molecule has 2 aliphatic rings. The SMILES string of the molecule is CC[C@@H](CO)NC(=O)NC1CCC(N2CCCCC2)CC1. The fraction of sp³-hybridized carbons (Fsp3) is 0.938. The molecule has 0 unspecified atom stereocenters. The Morgan fingerprint density at radius 2 is 1.86 bits per heavy atom. The van der Waals surface area contributed by atoms with Gasteiger partial charge in [-0.05, 0) is 58.0 Å². The van der Waals surface area contributed by atoms with Gasteiger partial charge in [0.15, 0.2) is 0 Å². The molecule has 0 aromatic carbocycles. The van der Waals surface area contributed by atoms with Crippen LogP contribution in [0.25, 0.3) is 0 Å². The van der Waals surface area contributed by atoms with Crippen molar-refractivity contribution in [1.29, 1.82) is 0 Å². The predicted octanol–water partition coefficient (Wildman–Crippen LogP) is 1.85. The summed E-state index contributed by atoms with van der Waals surface area (Å²) >= 11 is 0. The Labute approximate surface area is 128 Å². The van der Waals surface area contributed by atoms with Crippen LogP contribution in [0.4, 0.5) is 4.79 Å². The van der Waals surface area contributed by atoms with Crippen LogP contribution >= 0.6 is 0 Å². The predicted molar refractivity (Wildman–Crippen MR) is 84.3 cm³/mol. The molecule has 3 N–H and O–H groups in total. The normalized spacial score (nSPS) is 28.9. The van der Waals surface area contributed by atoms with E-state index in [1.54, 1.807) is 0 Å². The molecule has 0 aromatic heterocycles. The molecule has 0 bridgehead atoms. The number of nitrogens with zero attached hydrogens (tertiary/aromatic N) is 1. The first-order valence-electron chi connectivity index (χ1n) is 8.64. The second kappa shape index (κ2) is 8.59. The van der Waals surface area contributed by atoms with Crippen LogP contribution in [0.3, 0.4) is 0 Å². The quantitative estimate of drug-likeness (QED) is 0.725. The summed E-state index contributed by atoms with van der Waals surface area (Å²) in [6, 6.07) is 0.765. The van der Waals surface area contributed by atoms with Crippen molar-refractivity contribution < 1.29 is 9.90 Å². The molecule has 1 aliphatic heterocycles. The van der Waals surface area contributed by atoms with Crippen molar-refractivity contribution in [3.63, 3.8) is 0 Å². The highest BCUT2D eigenvalue weighted by atomic mass is 16.3.